The SMILES string of the molecule is COCC(=O)Nc1nc(C(=O)N2CCCC2C(=O)O)cs1. The minimum atomic E-state index is -1.01. The summed E-state index contributed by atoms with van der Waals surface area (Å²) in [6, 6.07) is -0.800. The Morgan fingerprint density at radius 1 is 1.57 bits per heavy atom. The Kier molecular flexibility index (Phi) is 4.86. The minimum absolute atomic E-state index is 0.101. The van der Waals surface area contributed by atoms with Crippen molar-refractivity contribution in [1.29, 1.82) is 0 Å². The lowest BCUT2D eigenvalue weighted by Crippen LogP contribution is -2.40. The van der Waals surface area contributed by atoms with Crippen LogP contribution in [0.5, 0.6) is 0 Å². The average molecular weight is 313 g/mol. The molecule has 9 heteroatoms. The molecule has 1 aliphatic heterocycles. The number of carboxylic acids is 1. The lowest BCUT2D eigenvalue weighted by molar-refractivity contribution is -0.141. The van der Waals surface area contributed by atoms with Crippen molar-refractivity contribution in [2.24, 2.45) is 0 Å². The van der Waals surface area contributed by atoms with Crippen LogP contribution >= 0.6 is 11.3 Å². The van der Waals surface area contributed by atoms with Gasteiger partial charge in [0.25, 0.3) is 11.8 Å². The van der Waals surface area contributed by atoms with Crippen LogP contribution in [0, 0.1) is 0 Å². The Hall–Kier alpha value is -2.00. The number of carbonyl (C=O) groups excluding carboxylic acids is 2. The molecule has 1 saturated heterocycles. The zero-order valence-electron chi connectivity index (χ0n) is 11.4. The molecule has 1 aromatic heterocycles. The molecule has 2 amide bonds. The zero-order chi connectivity index (χ0) is 15.4. The number of thiazole rings is 1. The quantitative estimate of drug-likeness (QED) is 0.815. The molecule has 21 heavy (non-hydrogen) atoms. The molecular formula is C12H15N3O5S. The molecule has 0 bridgehead atoms. The van der Waals surface area contributed by atoms with E-state index >= 15 is 0 Å². The van der Waals surface area contributed by atoms with Crippen LogP contribution in [0.2, 0.25) is 0 Å². The van der Waals surface area contributed by atoms with Gasteiger partial charge in [0.05, 0.1) is 0 Å². The normalized spacial score (nSPS) is 17.8. The van der Waals surface area contributed by atoms with E-state index in [0.29, 0.717) is 19.4 Å². The molecule has 0 saturated carbocycles. The fourth-order valence-corrected chi connectivity index (χ4v) is 2.83. The van der Waals surface area contributed by atoms with Crippen LogP contribution < -0.4 is 5.32 Å². The Labute approximate surface area is 124 Å². The number of amides is 2. The number of anilines is 1. The Morgan fingerprint density at radius 2 is 2.33 bits per heavy atom. The third kappa shape index (κ3) is 3.56. The van der Waals surface area contributed by atoms with E-state index in [1.807, 2.05) is 0 Å². The van der Waals surface area contributed by atoms with Crippen molar-refractivity contribution in [2.75, 3.05) is 25.6 Å². The average Bonchev–Trinajstić information content (AvgIpc) is 3.06. The first-order valence-electron chi connectivity index (χ1n) is 6.31. The number of likely N-dealkylation sites (tertiary alicyclic amines) is 1. The Balaban J connectivity index is 2.05. The highest BCUT2D eigenvalue weighted by Gasteiger charge is 2.35. The third-order valence-corrected chi connectivity index (χ3v) is 3.80. The van der Waals surface area contributed by atoms with Crippen LogP contribution in [0.4, 0.5) is 5.13 Å². The topological polar surface area (TPSA) is 109 Å². The predicted octanol–water partition coefficient (Wildman–Crippen LogP) is 0.417. The smallest absolute Gasteiger partial charge is 0.326 e. The molecule has 1 atom stereocenters. The van der Waals surface area contributed by atoms with E-state index in [0.717, 1.165) is 11.3 Å². The summed E-state index contributed by atoms with van der Waals surface area (Å²) in [4.78, 5) is 40.0. The van der Waals surface area contributed by atoms with Crippen LogP contribution in [-0.2, 0) is 14.3 Å². The first kappa shape index (κ1) is 15.4. The van der Waals surface area contributed by atoms with Crippen molar-refractivity contribution in [1.82, 2.24) is 9.88 Å². The zero-order valence-corrected chi connectivity index (χ0v) is 12.2. The molecule has 1 aromatic rings. The van der Waals surface area contributed by atoms with Gasteiger partial charge in [0.1, 0.15) is 18.3 Å². The molecule has 1 fully saturated rings. The lowest BCUT2D eigenvalue weighted by Gasteiger charge is -2.20. The first-order chi connectivity index (χ1) is 10.0. The molecule has 0 radical (unpaired) electrons. The molecule has 0 spiro atoms. The largest absolute Gasteiger partial charge is 0.480 e. The fraction of sp³-hybridized carbons (Fsp3) is 0.500. The number of hydrogen-bond donors (Lipinski definition) is 2. The number of carbonyl (C=O) groups is 3. The van der Waals surface area contributed by atoms with Gasteiger partial charge < -0.3 is 14.7 Å². The maximum atomic E-state index is 12.3. The highest BCUT2D eigenvalue weighted by atomic mass is 32.1. The number of aliphatic carboxylic acids is 1. The monoisotopic (exact) mass is 313 g/mol. The van der Waals surface area contributed by atoms with Gasteiger partial charge in [0.2, 0.25) is 0 Å². The van der Waals surface area contributed by atoms with Crippen molar-refractivity contribution in [3.05, 3.63) is 11.1 Å². The number of nitrogens with one attached hydrogen (secondary N) is 1. The van der Waals surface area contributed by atoms with Crippen LogP contribution in [-0.4, -0.2) is 59.1 Å². The number of aromatic nitrogens is 1. The van der Waals surface area contributed by atoms with Crippen LogP contribution in [0.1, 0.15) is 23.3 Å². The Morgan fingerprint density at radius 3 is 3.00 bits per heavy atom. The van der Waals surface area contributed by atoms with Crippen LogP contribution in [0.3, 0.4) is 0 Å². The van der Waals surface area contributed by atoms with E-state index in [-0.39, 0.29) is 23.3 Å². The number of ether oxygens (including phenoxy) is 1. The van der Waals surface area contributed by atoms with E-state index in [9.17, 15) is 14.4 Å². The molecule has 114 valence electrons. The van der Waals surface area contributed by atoms with Crippen molar-refractivity contribution < 1.29 is 24.2 Å². The summed E-state index contributed by atoms with van der Waals surface area (Å²) in [6.07, 6.45) is 1.10. The second kappa shape index (κ2) is 6.64. The lowest BCUT2D eigenvalue weighted by atomic mass is 10.2. The van der Waals surface area contributed by atoms with Gasteiger partial charge in [-0.15, -0.1) is 11.3 Å². The molecule has 0 aromatic carbocycles. The number of hydrogen-bond acceptors (Lipinski definition) is 6. The summed E-state index contributed by atoms with van der Waals surface area (Å²) in [5.41, 5.74) is 0.140. The van der Waals surface area contributed by atoms with Gasteiger partial charge >= 0.3 is 5.97 Å². The summed E-state index contributed by atoms with van der Waals surface area (Å²) < 4.78 is 4.68. The maximum Gasteiger partial charge on any atom is 0.326 e. The van der Waals surface area contributed by atoms with Crippen molar-refractivity contribution in [3.8, 4) is 0 Å². The Bertz CT molecular complexity index is 559. The summed E-state index contributed by atoms with van der Waals surface area (Å²) >= 11 is 1.11. The second-order valence-electron chi connectivity index (χ2n) is 4.51. The van der Waals surface area contributed by atoms with Crippen LogP contribution in [0.15, 0.2) is 5.38 Å². The standard InChI is InChI=1S/C12H15N3O5S/c1-20-5-9(16)14-12-13-7(6-21-12)10(17)15-4-2-3-8(15)11(18)19/h6,8H,2-5H2,1H3,(H,18,19)(H,13,14,16). The van der Waals surface area contributed by atoms with Gasteiger partial charge in [-0.1, -0.05) is 0 Å². The van der Waals surface area contributed by atoms with Gasteiger partial charge in [0.15, 0.2) is 5.13 Å². The highest BCUT2D eigenvalue weighted by molar-refractivity contribution is 7.14. The van der Waals surface area contributed by atoms with Crippen molar-refractivity contribution in [2.45, 2.75) is 18.9 Å². The van der Waals surface area contributed by atoms with Gasteiger partial charge in [-0.3, -0.25) is 14.9 Å². The molecule has 1 aliphatic rings. The third-order valence-electron chi connectivity index (χ3n) is 3.04. The molecule has 2 N–H and O–H groups in total. The molecule has 2 heterocycles. The number of nitrogens with zero attached hydrogens (tertiary/aromatic N) is 2. The van der Waals surface area contributed by atoms with E-state index < -0.39 is 17.9 Å². The number of carboxylic acid groups (broad SMARTS) is 1. The summed E-state index contributed by atoms with van der Waals surface area (Å²) in [5.74, 6) is -1.80. The van der Waals surface area contributed by atoms with E-state index in [4.69, 9.17) is 5.11 Å². The van der Waals surface area contributed by atoms with E-state index in [2.05, 4.69) is 15.0 Å². The molecular weight excluding hydrogens is 298 g/mol. The van der Waals surface area contributed by atoms with Crippen molar-refractivity contribution >= 4 is 34.3 Å². The summed E-state index contributed by atoms with van der Waals surface area (Å²) in [5, 5.41) is 13.4. The number of methoxy groups -OCH3 is 1. The van der Waals surface area contributed by atoms with E-state index in [1.165, 1.54) is 17.4 Å². The molecule has 8 nitrogen and oxygen atoms in total. The highest BCUT2D eigenvalue weighted by Crippen LogP contribution is 2.22. The second-order valence-corrected chi connectivity index (χ2v) is 5.37. The number of rotatable bonds is 5. The molecule has 0 aliphatic carbocycles. The fourth-order valence-electron chi connectivity index (χ4n) is 2.13. The predicted molar refractivity (Wildman–Crippen MR) is 74.3 cm³/mol. The van der Waals surface area contributed by atoms with Crippen molar-refractivity contribution in [3.63, 3.8) is 0 Å². The summed E-state index contributed by atoms with van der Waals surface area (Å²) in [7, 11) is 1.40. The minimum Gasteiger partial charge on any atom is -0.480 e. The van der Waals surface area contributed by atoms with Gasteiger partial charge in [-0.2, -0.15) is 0 Å². The summed E-state index contributed by atoms with van der Waals surface area (Å²) in [6.45, 7) is 0.300. The van der Waals surface area contributed by atoms with Gasteiger partial charge in [0, 0.05) is 19.0 Å². The van der Waals surface area contributed by atoms with Gasteiger partial charge in [-0.05, 0) is 12.8 Å². The van der Waals surface area contributed by atoms with Crippen LogP contribution in [0.25, 0.3) is 0 Å². The molecule has 2 rings (SSSR count). The van der Waals surface area contributed by atoms with Gasteiger partial charge in [-0.25, -0.2) is 9.78 Å². The maximum absolute atomic E-state index is 12.3. The molecule has 1 unspecified atom stereocenters. The van der Waals surface area contributed by atoms with E-state index in [1.54, 1.807) is 0 Å². The first-order valence-corrected chi connectivity index (χ1v) is 7.19.